The van der Waals surface area contributed by atoms with Crippen LogP contribution in [-0.4, -0.2) is 0 Å². The predicted molar refractivity (Wildman–Crippen MR) is 78.4 cm³/mol. The molecule has 0 saturated heterocycles. The Morgan fingerprint density at radius 1 is 0.647 bits per heavy atom. The maximum atomic E-state index is 2.31. The van der Waals surface area contributed by atoms with Crippen molar-refractivity contribution >= 4 is 0 Å². The van der Waals surface area contributed by atoms with Crippen molar-refractivity contribution in [2.45, 2.75) is 97.3 Å². The van der Waals surface area contributed by atoms with E-state index in [1.54, 1.807) is 0 Å². The van der Waals surface area contributed by atoms with Gasteiger partial charge in [0.1, 0.15) is 0 Å². The molecule has 0 fully saturated rings. The molecule has 0 atom stereocenters. The third-order valence-electron chi connectivity index (χ3n) is 4.12. The molecule has 0 radical (unpaired) electrons. The first-order valence-electron chi connectivity index (χ1n) is 8.08. The van der Waals surface area contributed by atoms with Gasteiger partial charge in [-0.15, -0.1) is 0 Å². The average Bonchev–Trinajstić information content (AvgIpc) is 2.56. The quantitative estimate of drug-likeness (QED) is 0.337. The molecule has 0 aromatic rings. The van der Waals surface area contributed by atoms with Gasteiger partial charge in [-0.3, -0.25) is 0 Å². The average molecular weight is 236 g/mol. The summed E-state index contributed by atoms with van der Waals surface area (Å²) < 4.78 is 0. The van der Waals surface area contributed by atoms with Gasteiger partial charge in [0.25, 0.3) is 0 Å². The number of hydrogen-bond donors (Lipinski definition) is 0. The SMILES string of the molecule is CCCCCC1=C(CCCCC)CCCCC1. The van der Waals surface area contributed by atoms with Gasteiger partial charge in [0.15, 0.2) is 0 Å². The molecule has 0 unspecified atom stereocenters. The highest BCUT2D eigenvalue weighted by molar-refractivity contribution is 5.15. The minimum Gasteiger partial charge on any atom is -0.0710 e. The molecule has 0 amide bonds. The Bertz CT molecular complexity index is 190. The van der Waals surface area contributed by atoms with Crippen LogP contribution in [0.1, 0.15) is 97.3 Å². The first-order chi connectivity index (χ1) is 8.38. The minimum atomic E-state index is 1.36. The highest BCUT2D eigenvalue weighted by Gasteiger charge is 2.10. The monoisotopic (exact) mass is 236 g/mol. The fourth-order valence-corrected chi connectivity index (χ4v) is 2.99. The normalized spacial score (nSPS) is 17.3. The summed E-state index contributed by atoms with van der Waals surface area (Å²) in [6.45, 7) is 4.62. The van der Waals surface area contributed by atoms with Crippen molar-refractivity contribution in [1.29, 1.82) is 0 Å². The lowest BCUT2D eigenvalue weighted by Crippen LogP contribution is -1.93. The van der Waals surface area contributed by atoms with Crippen LogP contribution in [0.25, 0.3) is 0 Å². The van der Waals surface area contributed by atoms with Gasteiger partial charge in [-0.1, -0.05) is 57.1 Å². The van der Waals surface area contributed by atoms with Crippen molar-refractivity contribution in [3.8, 4) is 0 Å². The van der Waals surface area contributed by atoms with E-state index in [1.807, 2.05) is 11.1 Å². The second-order valence-electron chi connectivity index (χ2n) is 5.68. The summed E-state index contributed by atoms with van der Waals surface area (Å²) in [4.78, 5) is 0. The third-order valence-corrected chi connectivity index (χ3v) is 4.12. The van der Waals surface area contributed by atoms with Crippen LogP contribution in [0.15, 0.2) is 11.1 Å². The Labute approximate surface area is 109 Å². The smallest absolute Gasteiger partial charge is 0.0318 e. The molecule has 0 heteroatoms. The fraction of sp³-hybridized carbons (Fsp3) is 0.882. The van der Waals surface area contributed by atoms with E-state index < -0.39 is 0 Å². The van der Waals surface area contributed by atoms with E-state index in [4.69, 9.17) is 0 Å². The topological polar surface area (TPSA) is 0 Å². The molecule has 1 rings (SSSR count). The van der Waals surface area contributed by atoms with E-state index in [-0.39, 0.29) is 0 Å². The maximum absolute atomic E-state index is 2.31. The molecule has 0 N–H and O–H groups in total. The van der Waals surface area contributed by atoms with Crippen molar-refractivity contribution in [3.63, 3.8) is 0 Å². The molecule has 0 aromatic heterocycles. The Balaban J connectivity index is 2.45. The molecule has 17 heavy (non-hydrogen) atoms. The van der Waals surface area contributed by atoms with Crippen LogP contribution < -0.4 is 0 Å². The number of hydrogen-bond acceptors (Lipinski definition) is 0. The van der Waals surface area contributed by atoms with E-state index in [1.165, 1.54) is 83.5 Å². The Morgan fingerprint density at radius 3 is 1.53 bits per heavy atom. The van der Waals surface area contributed by atoms with Crippen LogP contribution in [0.2, 0.25) is 0 Å². The summed E-state index contributed by atoms with van der Waals surface area (Å²) >= 11 is 0. The Hall–Kier alpha value is -0.260. The van der Waals surface area contributed by atoms with Crippen LogP contribution in [0.4, 0.5) is 0 Å². The van der Waals surface area contributed by atoms with Crippen LogP contribution in [-0.2, 0) is 0 Å². The van der Waals surface area contributed by atoms with Gasteiger partial charge < -0.3 is 0 Å². The molecule has 0 heterocycles. The minimum absolute atomic E-state index is 1.36. The van der Waals surface area contributed by atoms with E-state index in [0.29, 0.717) is 0 Å². The van der Waals surface area contributed by atoms with E-state index in [2.05, 4.69) is 13.8 Å². The summed E-state index contributed by atoms with van der Waals surface area (Å²) in [5.74, 6) is 0. The molecule has 0 saturated carbocycles. The molecular formula is C17H32. The lowest BCUT2D eigenvalue weighted by Gasteiger charge is -2.13. The van der Waals surface area contributed by atoms with E-state index >= 15 is 0 Å². The van der Waals surface area contributed by atoms with Crippen LogP contribution in [0, 0.1) is 0 Å². The van der Waals surface area contributed by atoms with Crippen LogP contribution in [0.3, 0.4) is 0 Å². The zero-order valence-electron chi connectivity index (χ0n) is 12.2. The molecule has 100 valence electrons. The van der Waals surface area contributed by atoms with Crippen molar-refractivity contribution in [1.82, 2.24) is 0 Å². The lowest BCUT2D eigenvalue weighted by atomic mass is 9.94. The molecule has 0 bridgehead atoms. The van der Waals surface area contributed by atoms with E-state index in [9.17, 15) is 0 Å². The molecule has 1 aliphatic carbocycles. The fourth-order valence-electron chi connectivity index (χ4n) is 2.99. The number of allylic oxidation sites excluding steroid dienone is 2. The zero-order chi connectivity index (χ0) is 12.3. The van der Waals surface area contributed by atoms with Gasteiger partial charge in [0, 0.05) is 0 Å². The summed E-state index contributed by atoms with van der Waals surface area (Å²) in [5.41, 5.74) is 3.74. The Morgan fingerprint density at radius 2 is 1.12 bits per heavy atom. The molecule has 0 aliphatic heterocycles. The van der Waals surface area contributed by atoms with Crippen molar-refractivity contribution in [2.75, 3.05) is 0 Å². The number of unbranched alkanes of at least 4 members (excludes halogenated alkanes) is 4. The van der Waals surface area contributed by atoms with Gasteiger partial charge in [-0.05, 0) is 51.4 Å². The van der Waals surface area contributed by atoms with Crippen molar-refractivity contribution in [3.05, 3.63) is 11.1 Å². The lowest BCUT2D eigenvalue weighted by molar-refractivity contribution is 0.665. The molecule has 0 nitrogen and oxygen atoms in total. The van der Waals surface area contributed by atoms with Crippen LogP contribution >= 0.6 is 0 Å². The first-order valence-corrected chi connectivity index (χ1v) is 8.08. The summed E-state index contributed by atoms with van der Waals surface area (Å²) in [5, 5.41) is 0. The highest BCUT2D eigenvalue weighted by atomic mass is 14.2. The second kappa shape index (κ2) is 9.74. The molecule has 1 aliphatic rings. The summed E-state index contributed by atoms with van der Waals surface area (Å²) in [6, 6.07) is 0. The molecular weight excluding hydrogens is 204 g/mol. The molecule has 0 spiro atoms. The number of rotatable bonds is 8. The van der Waals surface area contributed by atoms with E-state index in [0.717, 1.165) is 0 Å². The largest absolute Gasteiger partial charge is 0.0710 e. The third kappa shape index (κ3) is 6.29. The Kier molecular flexibility index (Phi) is 8.48. The van der Waals surface area contributed by atoms with Gasteiger partial charge >= 0.3 is 0 Å². The second-order valence-corrected chi connectivity index (χ2v) is 5.68. The van der Waals surface area contributed by atoms with Crippen molar-refractivity contribution in [2.24, 2.45) is 0 Å². The zero-order valence-corrected chi connectivity index (χ0v) is 12.2. The van der Waals surface area contributed by atoms with Gasteiger partial charge in [0.2, 0.25) is 0 Å². The predicted octanol–water partition coefficient (Wildman–Crippen LogP) is 6.41. The van der Waals surface area contributed by atoms with Crippen molar-refractivity contribution < 1.29 is 0 Å². The van der Waals surface area contributed by atoms with Gasteiger partial charge in [0.05, 0.1) is 0 Å². The standard InChI is InChI=1S/C17H32/c1-3-5-8-12-16-14-10-7-11-15-17(16)13-9-6-4-2/h3-15H2,1-2H3. The maximum Gasteiger partial charge on any atom is -0.0318 e. The summed E-state index contributed by atoms with van der Waals surface area (Å²) in [7, 11) is 0. The molecule has 0 aromatic carbocycles. The first kappa shape index (κ1) is 14.8. The summed E-state index contributed by atoms with van der Waals surface area (Å²) in [6.07, 6.45) is 18.5. The van der Waals surface area contributed by atoms with Gasteiger partial charge in [-0.2, -0.15) is 0 Å². The highest BCUT2D eigenvalue weighted by Crippen LogP contribution is 2.30. The van der Waals surface area contributed by atoms with Crippen LogP contribution in [0.5, 0.6) is 0 Å². The van der Waals surface area contributed by atoms with Gasteiger partial charge in [-0.25, -0.2) is 0 Å².